The number of nitro groups is 1. The largest absolute Gasteiger partial charge is 0.269 e. The third-order valence-corrected chi connectivity index (χ3v) is 2.30. The minimum Gasteiger partial charge on any atom is -0.258 e. The highest BCUT2D eigenvalue weighted by Gasteiger charge is 2.00. The van der Waals surface area contributed by atoms with Crippen LogP contribution in [0.15, 0.2) is 59.5 Å². The summed E-state index contributed by atoms with van der Waals surface area (Å²) in [5.41, 5.74) is 1.18. The molecule has 0 saturated heterocycles. The highest BCUT2D eigenvalue weighted by molar-refractivity contribution is 7.80. The van der Waals surface area contributed by atoms with Crippen molar-refractivity contribution in [3.8, 4) is 0 Å². The van der Waals surface area contributed by atoms with E-state index in [1.165, 1.54) is 12.1 Å². The van der Waals surface area contributed by atoms with Gasteiger partial charge < -0.3 is 0 Å². The topological polar surface area (TPSA) is 43.1 Å². The normalized spacial score (nSPS) is 9.06. The van der Waals surface area contributed by atoms with Gasteiger partial charge in [0.2, 0.25) is 0 Å². The molecule has 0 aliphatic carbocycles. The lowest BCUT2D eigenvalue weighted by Crippen LogP contribution is -1.86. The predicted octanol–water partition coefficient (Wildman–Crippen LogP) is 3.88. The van der Waals surface area contributed by atoms with Gasteiger partial charge in [0, 0.05) is 17.0 Å². The molecule has 17 heavy (non-hydrogen) atoms. The molecule has 0 unspecified atom stereocenters. The fourth-order valence-corrected chi connectivity index (χ4v) is 1.27. The Labute approximate surface area is 106 Å². The van der Waals surface area contributed by atoms with E-state index >= 15 is 0 Å². The van der Waals surface area contributed by atoms with E-state index in [0.717, 1.165) is 10.5 Å². The summed E-state index contributed by atoms with van der Waals surface area (Å²) >= 11 is 4.08. The highest BCUT2D eigenvalue weighted by Crippen LogP contribution is 2.10. The van der Waals surface area contributed by atoms with Gasteiger partial charge in [0.1, 0.15) is 0 Å². The fourth-order valence-electron chi connectivity index (χ4n) is 1.09. The molecule has 0 spiro atoms. The SMILES string of the molecule is Cc1ccc([N+](=O)[O-])cc1.Sc1ccccc1. The van der Waals surface area contributed by atoms with Crippen molar-refractivity contribution in [1.29, 1.82) is 0 Å². The molecule has 0 heterocycles. The molecule has 2 aromatic carbocycles. The summed E-state index contributed by atoms with van der Waals surface area (Å²) < 4.78 is 0. The molecule has 0 bridgehead atoms. The number of aryl methyl sites for hydroxylation is 1. The number of nitrogens with zero attached hydrogens (tertiary/aromatic N) is 1. The summed E-state index contributed by atoms with van der Waals surface area (Å²) in [6, 6.07) is 16.2. The molecule has 0 amide bonds. The Morgan fingerprint density at radius 1 is 1.00 bits per heavy atom. The van der Waals surface area contributed by atoms with Crippen LogP contribution in [-0.2, 0) is 0 Å². The quantitative estimate of drug-likeness (QED) is 0.472. The van der Waals surface area contributed by atoms with E-state index in [4.69, 9.17) is 0 Å². The Bertz CT molecular complexity index is 469. The molecule has 0 aliphatic heterocycles. The predicted molar refractivity (Wildman–Crippen MR) is 71.5 cm³/mol. The summed E-state index contributed by atoms with van der Waals surface area (Å²) in [6.45, 7) is 1.89. The summed E-state index contributed by atoms with van der Waals surface area (Å²) in [5.74, 6) is 0. The van der Waals surface area contributed by atoms with Crippen LogP contribution in [0.25, 0.3) is 0 Å². The van der Waals surface area contributed by atoms with Crippen LogP contribution in [0, 0.1) is 17.0 Å². The average molecular weight is 247 g/mol. The average Bonchev–Trinajstić information content (AvgIpc) is 2.31. The van der Waals surface area contributed by atoms with Gasteiger partial charge >= 0.3 is 0 Å². The van der Waals surface area contributed by atoms with Crippen LogP contribution in [0.4, 0.5) is 5.69 Å². The molecule has 4 heteroatoms. The first-order chi connectivity index (χ1) is 8.09. The number of hydrogen-bond donors (Lipinski definition) is 1. The molecule has 0 fully saturated rings. The van der Waals surface area contributed by atoms with Gasteiger partial charge in [-0.3, -0.25) is 10.1 Å². The van der Waals surface area contributed by atoms with Crippen molar-refractivity contribution in [3.05, 3.63) is 70.3 Å². The second-order valence-corrected chi connectivity index (χ2v) is 3.94. The van der Waals surface area contributed by atoms with Crippen molar-refractivity contribution in [2.75, 3.05) is 0 Å². The monoisotopic (exact) mass is 247 g/mol. The molecule has 0 aliphatic rings. The van der Waals surface area contributed by atoms with Gasteiger partial charge in [-0.1, -0.05) is 35.9 Å². The van der Waals surface area contributed by atoms with Gasteiger partial charge in [0.15, 0.2) is 0 Å². The summed E-state index contributed by atoms with van der Waals surface area (Å²) in [5, 5.41) is 10.1. The zero-order valence-electron chi connectivity index (χ0n) is 9.41. The van der Waals surface area contributed by atoms with Crippen LogP contribution >= 0.6 is 12.6 Å². The van der Waals surface area contributed by atoms with Crippen molar-refractivity contribution in [3.63, 3.8) is 0 Å². The maximum Gasteiger partial charge on any atom is 0.269 e. The van der Waals surface area contributed by atoms with Crippen LogP contribution in [0.3, 0.4) is 0 Å². The van der Waals surface area contributed by atoms with Crippen molar-refractivity contribution >= 4 is 18.3 Å². The molecule has 0 atom stereocenters. The van der Waals surface area contributed by atoms with E-state index in [9.17, 15) is 10.1 Å². The summed E-state index contributed by atoms with van der Waals surface area (Å²) in [7, 11) is 0. The van der Waals surface area contributed by atoms with Crippen molar-refractivity contribution in [1.82, 2.24) is 0 Å². The number of benzene rings is 2. The van der Waals surface area contributed by atoms with E-state index < -0.39 is 4.92 Å². The number of thiol groups is 1. The van der Waals surface area contributed by atoms with Gasteiger partial charge in [-0.05, 0) is 19.1 Å². The summed E-state index contributed by atoms with van der Waals surface area (Å²) in [4.78, 5) is 10.7. The van der Waals surface area contributed by atoms with Crippen LogP contribution in [0.1, 0.15) is 5.56 Å². The smallest absolute Gasteiger partial charge is 0.258 e. The van der Waals surface area contributed by atoms with Crippen LogP contribution in [0.5, 0.6) is 0 Å². The molecule has 0 N–H and O–H groups in total. The van der Waals surface area contributed by atoms with E-state index in [2.05, 4.69) is 12.6 Å². The van der Waals surface area contributed by atoms with E-state index in [0.29, 0.717) is 0 Å². The van der Waals surface area contributed by atoms with Gasteiger partial charge in [0.25, 0.3) is 5.69 Å². The minimum atomic E-state index is -0.403. The van der Waals surface area contributed by atoms with Crippen LogP contribution in [0.2, 0.25) is 0 Å². The first-order valence-electron chi connectivity index (χ1n) is 5.04. The van der Waals surface area contributed by atoms with Gasteiger partial charge in [-0.25, -0.2) is 0 Å². The zero-order chi connectivity index (χ0) is 12.7. The van der Waals surface area contributed by atoms with Crippen LogP contribution < -0.4 is 0 Å². The Kier molecular flexibility index (Phi) is 5.23. The molecule has 2 aromatic rings. The first-order valence-corrected chi connectivity index (χ1v) is 5.49. The summed E-state index contributed by atoms with van der Waals surface area (Å²) in [6.07, 6.45) is 0. The number of nitro benzene ring substituents is 1. The van der Waals surface area contributed by atoms with Gasteiger partial charge in [0.05, 0.1) is 4.92 Å². The van der Waals surface area contributed by atoms with Crippen LogP contribution in [-0.4, -0.2) is 4.92 Å². The number of rotatable bonds is 1. The molecule has 88 valence electrons. The Balaban J connectivity index is 0.000000181. The molecule has 3 nitrogen and oxygen atoms in total. The first kappa shape index (κ1) is 13.3. The minimum absolute atomic E-state index is 0.144. The second-order valence-electron chi connectivity index (χ2n) is 3.43. The van der Waals surface area contributed by atoms with Gasteiger partial charge in [-0.15, -0.1) is 12.6 Å². The van der Waals surface area contributed by atoms with E-state index in [-0.39, 0.29) is 5.69 Å². The maximum atomic E-state index is 10.1. The molecule has 0 saturated carbocycles. The Hall–Kier alpha value is -1.81. The maximum absolute atomic E-state index is 10.1. The van der Waals surface area contributed by atoms with E-state index in [1.54, 1.807) is 12.1 Å². The lowest BCUT2D eigenvalue weighted by atomic mass is 10.2. The third-order valence-electron chi connectivity index (χ3n) is 2.00. The molecular weight excluding hydrogens is 234 g/mol. The lowest BCUT2D eigenvalue weighted by Gasteiger charge is -1.90. The lowest BCUT2D eigenvalue weighted by molar-refractivity contribution is -0.384. The Morgan fingerprint density at radius 2 is 1.53 bits per heavy atom. The Morgan fingerprint density at radius 3 is 1.88 bits per heavy atom. The molecular formula is C13H13NO2S. The van der Waals surface area contributed by atoms with Gasteiger partial charge in [-0.2, -0.15) is 0 Å². The second kappa shape index (κ2) is 6.70. The number of hydrogen-bond acceptors (Lipinski definition) is 3. The van der Waals surface area contributed by atoms with Crippen molar-refractivity contribution in [2.45, 2.75) is 11.8 Å². The van der Waals surface area contributed by atoms with E-state index in [1.807, 2.05) is 37.3 Å². The molecule has 0 radical (unpaired) electrons. The fraction of sp³-hybridized carbons (Fsp3) is 0.0769. The highest BCUT2D eigenvalue weighted by atomic mass is 32.1. The zero-order valence-corrected chi connectivity index (χ0v) is 10.3. The molecule has 0 aromatic heterocycles. The van der Waals surface area contributed by atoms with Crippen molar-refractivity contribution < 1.29 is 4.92 Å². The number of non-ortho nitro benzene ring substituents is 1. The van der Waals surface area contributed by atoms with Crippen molar-refractivity contribution in [2.24, 2.45) is 0 Å². The molecule has 2 rings (SSSR count). The third kappa shape index (κ3) is 5.17. The standard InChI is InChI=1S/C7H7NO2.C6H6S/c1-6-2-4-7(5-3-6)8(9)10;7-6-4-2-1-3-5-6/h2-5H,1H3;1-5,7H.